The third kappa shape index (κ3) is 4.79. The lowest BCUT2D eigenvalue weighted by Crippen LogP contribution is -2.43. The molecule has 0 spiro atoms. The molecule has 0 aromatic heterocycles. The van der Waals surface area contributed by atoms with Crippen molar-refractivity contribution in [1.82, 2.24) is 16.1 Å². The van der Waals surface area contributed by atoms with E-state index in [2.05, 4.69) is 27.2 Å². The van der Waals surface area contributed by atoms with Gasteiger partial charge in [0, 0.05) is 30.6 Å². The van der Waals surface area contributed by atoms with Crippen LogP contribution in [0.3, 0.4) is 0 Å². The van der Waals surface area contributed by atoms with Crippen LogP contribution in [0.1, 0.15) is 26.2 Å². The molecular formula is C14H25N5O. The Morgan fingerprint density at radius 2 is 2.20 bits per heavy atom. The van der Waals surface area contributed by atoms with E-state index in [4.69, 9.17) is 10.6 Å². The van der Waals surface area contributed by atoms with Gasteiger partial charge in [-0.25, -0.2) is 5.48 Å². The third-order valence-corrected chi connectivity index (χ3v) is 3.61. The second-order valence-corrected chi connectivity index (χ2v) is 5.50. The first kappa shape index (κ1) is 15.3. The maximum atomic E-state index is 8.55. The van der Waals surface area contributed by atoms with Crippen molar-refractivity contribution in [3.8, 4) is 0 Å². The number of allylic oxidation sites excluding steroid dienone is 1. The molecule has 0 bridgehead atoms. The molecule has 1 aliphatic heterocycles. The molecule has 0 amide bonds. The number of hydrogen-bond acceptors (Lipinski definition) is 6. The normalized spacial score (nSPS) is 25.6. The zero-order valence-corrected chi connectivity index (χ0v) is 12.0. The van der Waals surface area contributed by atoms with Crippen LogP contribution >= 0.6 is 0 Å². The topological polar surface area (TPSA) is 92.5 Å². The Bertz CT molecular complexity index is 389. The first-order valence-corrected chi connectivity index (χ1v) is 7.34. The SMILES string of the molecule is CC1=NC(NCCCNO)C(C(=N)CNC2CC2)C=C1. The summed E-state index contributed by atoms with van der Waals surface area (Å²) in [5.74, 6) is 0.0204. The quantitative estimate of drug-likeness (QED) is 0.244. The van der Waals surface area contributed by atoms with Crippen LogP contribution in [0.2, 0.25) is 0 Å². The number of aliphatic imine (C=N–C) groups is 1. The van der Waals surface area contributed by atoms with Crippen molar-refractivity contribution in [2.24, 2.45) is 10.9 Å². The summed E-state index contributed by atoms with van der Waals surface area (Å²) in [4.78, 5) is 4.59. The molecule has 20 heavy (non-hydrogen) atoms. The highest BCUT2D eigenvalue weighted by Crippen LogP contribution is 2.19. The fraction of sp³-hybridized carbons (Fsp3) is 0.714. The van der Waals surface area contributed by atoms with Crippen LogP contribution in [0.4, 0.5) is 0 Å². The van der Waals surface area contributed by atoms with E-state index in [0.29, 0.717) is 24.8 Å². The minimum Gasteiger partial charge on any atom is -0.317 e. The van der Waals surface area contributed by atoms with Gasteiger partial charge in [0.15, 0.2) is 0 Å². The number of hydroxylamine groups is 1. The van der Waals surface area contributed by atoms with E-state index in [-0.39, 0.29) is 12.1 Å². The van der Waals surface area contributed by atoms with Crippen molar-refractivity contribution < 1.29 is 5.21 Å². The molecule has 1 fully saturated rings. The highest BCUT2D eigenvalue weighted by Gasteiger charge is 2.27. The van der Waals surface area contributed by atoms with E-state index in [0.717, 1.165) is 18.7 Å². The zero-order valence-electron chi connectivity index (χ0n) is 12.0. The maximum Gasteiger partial charge on any atom is 0.111 e. The Morgan fingerprint density at radius 3 is 2.90 bits per heavy atom. The van der Waals surface area contributed by atoms with Gasteiger partial charge in [0.2, 0.25) is 0 Å². The fourth-order valence-corrected chi connectivity index (χ4v) is 2.25. The van der Waals surface area contributed by atoms with Crippen LogP contribution in [0.15, 0.2) is 17.1 Å². The van der Waals surface area contributed by atoms with Gasteiger partial charge in [0.05, 0.1) is 5.92 Å². The molecule has 1 heterocycles. The van der Waals surface area contributed by atoms with Crippen molar-refractivity contribution >= 4 is 11.4 Å². The monoisotopic (exact) mass is 279 g/mol. The van der Waals surface area contributed by atoms with E-state index >= 15 is 0 Å². The molecule has 0 radical (unpaired) electrons. The second-order valence-electron chi connectivity index (χ2n) is 5.50. The Balaban J connectivity index is 1.83. The van der Waals surface area contributed by atoms with Gasteiger partial charge in [0.1, 0.15) is 6.17 Å². The summed E-state index contributed by atoms with van der Waals surface area (Å²) in [5, 5.41) is 23.5. The number of rotatable bonds is 9. The van der Waals surface area contributed by atoms with Crippen molar-refractivity contribution in [2.45, 2.75) is 38.4 Å². The lowest BCUT2D eigenvalue weighted by molar-refractivity contribution is 0.165. The lowest BCUT2D eigenvalue weighted by atomic mass is 9.96. The molecule has 2 rings (SSSR count). The zero-order chi connectivity index (χ0) is 14.4. The molecule has 1 saturated carbocycles. The lowest BCUT2D eigenvalue weighted by Gasteiger charge is -2.26. The van der Waals surface area contributed by atoms with Gasteiger partial charge in [-0.05, 0) is 38.8 Å². The average molecular weight is 279 g/mol. The summed E-state index contributed by atoms with van der Waals surface area (Å²) in [7, 11) is 0. The van der Waals surface area contributed by atoms with Gasteiger partial charge >= 0.3 is 0 Å². The van der Waals surface area contributed by atoms with Crippen LogP contribution < -0.4 is 16.1 Å². The van der Waals surface area contributed by atoms with Crippen LogP contribution in [0.5, 0.6) is 0 Å². The fourth-order valence-electron chi connectivity index (χ4n) is 2.25. The highest BCUT2D eigenvalue weighted by molar-refractivity contribution is 5.97. The molecule has 5 N–H and O–H groups in total. The van der Waals surface area contributed by atoms with E-state index < -0.39 is 0 Å². The van der Waals surface area contributed by atoms with Crippen molar-refractivity contribution in [1.29, 1.82) is 5.41 Å². The highest BCUT2D eigenvalue weighted by atomic mass is 16.5. The summed E-state index contributed by atoms with van der Waals surface area (Å²) in [6, 6.07) is 0.621. The van der Waals surface area contributed by atoms with E-state index in [9.17, 15) is 0 Å². The van der Waals surface area contributed by atoms with Gasteiger partial charge in [0.25, 0.3) is 0 Å². The Morgan fingerprint density at radius 1 is 1.40 bits per heavy atom. The van der Waals surface area contributed by atoms with Gasteiger partial charge in [-0.2, -0.15) is 0 Å². The summed E-state index contributed by atoms with van der Waals surface area (Å²) in [5.41, 5.74) is 3.82. The number of hydrogen-bond donors (Lipinski definition) is 5. The summed E-state index contributed by atoms with van der Waals surface area (Å²) in [6.45, 7) is 3.94. The molecule has 2 atom stereocenters. The minimum atomic E-state index is -0.0628. The van der Waals surface area contributed by atoms with Crippen molar-refractivity contribution in [3.63, 3.8) is 0 Å². The molecule has 0 aromatic carbocycles. The molecule has 6 heteroatoms. The van der Waals surface area contributed by atoms with Gasteiger partial charge < -0.3 is 15.9 Å². The van der Waals surface area contributed by atoms with Gasteiger partial charge in [-0.1, -0.05) is 6.08 Å². The van der Waals surface area contributed by atoms with E-state index in [1.165, 1.54) is 12.8 Å². The number of dihydropyridines is 1. The summed E-state index contributed by atoms with van der Waals surface area (Å²) >= 11 is 0. The molecule has 6 nitrogen and oxygen atoms in total. The predicted octanol–water partition coefficient (Wildman–Crippen LogP) is 0.690. The molecule has 2 aliphatic rings. The Kier molecular flexibility index (Phi) is 5.85. The summed E-state index contributed by atoms with van der Waals surface area (Å²) < 4.78 is 0. The first-order chi connectivity index (χ1) is 9.70. The van der Waals surface area contributed by atoms with Crippen LogP contribution in [-0.4, -0.2) is 48.5 Å². The first-order valence-electron chi connectivity index (χ1n) is 7.34. The van der Waals surface area contributed by atoms with Gasteiger partial charge in [-0.15, -0.1) is 0 Å². The van der Waals surface area contributed by atoms with Gasteiger partial charge in [-0.3, -0.25) is 10.3 Å². The molecule has 2 unspecified atom stereocenters. The smallest absolute Gasteiger partial charge is 0.111 e. The second kappa shape index (κ2) is 7.64. The summed E-state index contributed by atoms with van der Waals surface area (Å²) in [6.07, 6.45) is 7.30. The van der Waals surface area contributed by atoms with Crippen LogP contribution in [-0.2, 0) is 0 Å². The van der Waals surface area contributed by atoms with Crippen molar-refractivity contribution in [2.75, 3.05) is 19.6 Å². The van der Waals surface area contributed by atoms with E-state index in [1.54, 1.807) is 0 Å². The van der Waals surface area contributed by atoms with Crippen LogP contribution in [0.25, 0.3) is 0 Å². The van der Waals surface area contributed by atoms with Crippen molar-refractivity contribution in [3.05, 3.63) is 12.2 Å². The molecular weight excluding hydrogens is 254 g/mol. The number of nitrogens with one attached hydrogen (secondary N) is 4. The third-order valence-electron chi connectivity index (χ3n) is 3.61. The molecule has 1 aliphatic carbocycles. The minimum absolute atomic E-state index is 0.0204. The molecule has 0 saturated heterocycles. The largest absolute Gasteiger partial charge is 0.317 e. The Labute approximate surface area is 120 Å². The number of nitrogens with zero attached hydrogens (tertiary/aromatic N) is 1. The Hall–Kier alpha value is -1.08. The average Bonchev–Trinajstić information content (AvgIpc) is 3.25. The standard InChI is InChI=1S/C14H25N5O/c1-10-3-6-12(13(15)9-17-11-4-5-11)14(19-10)16-7-2-8-18-20/h3,6,11-12,14-18,20H,2,4-5,7-9H2,1H3. The van der Waals surface area contributed by atoms with E-state index in [1.807, 2.05) is 13.0 Å². The molecule has 0 aromatic rings. The maximum absolute atomic E-state index is 8.55. The predicted molar refractivity (Wildman–Crippen MR) is 80.7 cm³/mol. The van der Waals surface area contributed by atoms with Crippen LogP contribution in [0, 0.1) is 11.3 Å². The molecule has 112 valence electrons.